The summed E-state index contributed by atoms with van der Waals surface area (Å²) in [6, 6.07) is 26.4. The highest BCUT2D eigenvalue weighted by Crippen LogP contribution is 2.49. The summed E-state index contributed by atoms with van der Waals surface area (Å²) in [5.41, 5.74) is 1.49. The number of aryl methyl sites for hydroxylation is 1. The highest BCUT2D eigenvalue weighted by molar-refractivity contribution is 8.04. The maximum atomic E-state index is 14.0. The Labute approximate surface area is 287 Å². The van der Waals surface area contributed by atoms with E-state index in [2.05, 4.69) is 21.1 Å². The molecule has 0 saturated heterocycles. The van der Waals surface area contributed by atoms with Crippen LogP contribution in [0.1, 0.15) is 101 Å². The van der Waals surface area contributed by atoms with Crippen LogP contribution in [0.25, 0.3) is 5.76 Å². The lowest BCUT2D eigenvalue weighted by molar-refractivity contribution is -0.870. The van der Waals surface area contributed by atoms with Crippen molar-refractivity contribution in [3.63, 3.8) is 0 Å². The first-order chi connectivity index (χ1) is 22.6. The first kappa shape index (κ1) is 38.9. The van der Waals surface area contributed by atoms with E-state index in [-0.39, 0.29) is 17.0 Å². The lowest BCUT2D eigenvalue weighted by Gasteiger charge is -2.23. The number of unbranched alkanes of at least 4 members (excludes halogenated alkanes) is 13. The van der Waals surface area contributed by atoms with Crippen LogP contribution in [0.5, 0.6) is 0 Å². The minimum absolute atomic E-state index is 0.0615. The number of rotatable bonds is 23. The van der Waals surface area contributed by atoms with Crippen molar-refractivity contribution < 1.29 is 22.2 Å². The third kappa shape index (κ3) is 14.7. The fourth-order valence-electron chi connectivity index (χ4n) is 5.74. The maximum absolute atomic E-state index is 14.0. The van der Waals surface area contributed by atoms with Gasteiger partial charge in [-0.2, -0.15) is 8.42 Å². The van der Waals surface area contributed by atoms with Crippen molar-refractivity contribution in [3.05, 3.63) is 101 Å². The van der Waals surface area contributed by atoms with E-state index in [0.717, 1.165) is 33.5 Å². The standard InChI is InChI=1S/C40H58NO4PS/c1-35-29-31-36(32-30-35)39(42)40(46(37-25-19-17-20-26-37)38-27-21-18-22-28-38)47(43,44)45-34-24-16-14-12-10-8-6-5-7-9-11-13-15-23-33-41(2,3)4/h17-22,25-32H,5-16,23-24,33-34H2,1-4H3/p+1/b40-39+. The molecule has 0 spiro atoms. The zero-order chi connectivity index (χ0) is 34.0. The van der Waals surface area contributed by atoms with E-state index >= 15 is 0 Å². The summed E-state index contributed by atoms with van der Waals surface area (Å²) in [7, 11) is 0.960. The SMILES string of the molecule is Cc1ccc(/C(O)=C(/P(c2ccccc2)c2ccccc2)S(=O)(=O)OCCCCCCCCCCCCCCCC[N+](C)(C)C)cc1. The summed E-state index contributed by atoms with van der Waals surface area (Å²) in [4.78, 5) is 0. The second kappa shape index (κ2) is 20.8. The smallest absolute Gasteiger partial charge is 0.301 e. The topological polar surface area (TPSA) is 63.6 Å². The van der Waals surface area contributed by atoms with Gasteiger partial charge in [-0.25, -0.2) is 0 Å². The van der Waals surface area contributed by atoms with Crippen LogP contribution in [-0.4, -0.2) is 52.3 Å². The van der Waals surface area contributed by atoms with Crippen LogP contribution in [0, 0.1) is 6.92 Å². The second-order valence-electron chi connectivity index (χ2n) is 13.8. The molecule has 3 rings (SSSR count). The van der Waals surface area contributed by atoms with Crippen molar-refractivity contribution in [1.29, 1.82) is 0 Å². The van der Waals surface area contributed by atoms with Crippen molar-refractivity contribution in [2.75, 3.05) is 34.3 Å². The summed E-state index contributed by atoms with van der Waals surface area (Å²) in [5, 5.41) is 13.3. The molecule has 0 unspecified atom stereocenters. The van der Waals surface area contributed by atoms with E-state index in [1.165, 1.54) is 77.2 Å². The Balaban J connectivity index is 1.47. The molecule has 0 aliphatic carbocycles. The van der Waals surface area contributed by atoms with E-state index in [1.807, 2.05) is 79.7 Å². The van der Waals surface area contributed by atoms with Crippen molar-refractivity contribution in [2.45, 2.75) is 96.8 Å². The summed E-state index contributed by atoms with van der Waals surface area (Å²) in [6.45, 7) is 3.34. The van der Waals surface area contributed by atoms with E-state index < -0.39 is 18.0 Å². The molecule has 3 aromatic carbocycles. The van der Waals surface area contributed by atoms with Crippen LogP contribution in [0.3, 0.4) is 0 Å². The Hall–Kier alpha value is -2.50. The minimum Gasteiger partial charge on any atom is -0.506 e. The van der Waals surface area contributed by atoms with Crippen LogP contribution in [0.2, 0.25) is 0 Å². The molecule has 258 valence electrons. The van der Waals surface area contributed by atoms with Gasteiger partial charge in [-0.05, 0) is 36.8 Å². The minimum atomic E-state index is -4.24. The number of benzene rings is 3. The van der Waals surface area contributed by atoms with Crippen LogP contribution in [-0.2, 0) is 14.3 Å². The Bertz CT molecular complexity index is 1380. The second-order valence-corrected chi connectivity index (χ2v) is 17.8. The molecule has 0 aliphatic rings. The molecule has 3 aromatic rings. The van der Waals surface area contributed by atoms with Gasteiger partial charge in [0, 0.05) is 13.5 Å². The number of aliphatic hydroxyl groups excluding tert-OH is 1. The molecule has 5 nitrogen and oxygen atoms in total. The van der Waals surface area contributed by atoms with E-state index in [9.17, 15) is 13.5 Å². The summed E-state index contributed by atoms with van der Waals surface area (Å²) >= 11 is 0. The van der Waals surface area contributed by atoms with Crippen molar-refractivity contribution in [3.8, 4) is 0 Å². The van der Waals surface area contributed by atoms with Gasteiger partial charge in [0.25, 0.3) is 0 Å². The third-order valence-corrected chi connectivity index (χ3v) is 13.1. The van der Waals surface area contributed by atoms with Gasteiger partial charge in [0.05, 0.1) is 34.3 Å². The number of hydrogen-bond acceptors (Lipinski definition) is 4. The molecule has 7 heteroatoms. The highest BCUT2D eigenvalue weighted by atomic mass is 32.2. The Morgan fingerprint density at radius 2 is 1.02 bits per heavy atom. The molecule has 1 N–H and O–H groups in total. The van der Waals surface area contributed by atoms with Gasteiger partial charge in [-0.3, -0.25) is 4.18 Å². The predicted molar refractivity (Wildman–Crippen MR) is 202 cm³/mol. The number of hydrogen-bond donors (Lipinski definition) is 1. The van der Waals surface area contributed by atoms with Crippen LogP contribution >= 0.6 is 7.92 Å². The van der Waals surface area contributed by atoms with E-state index in [4.69, 9.17) is 4.18 Å². The normalized spacial score (nSPS) is 12.8. The number of quaternary nitrogens is 1. The monoisotopic (exact) mass is 680 g/mol. The summed E-state index contributed by atoms with van der Waals surface area (Å²) in [6.07, 6.45) is 17.2. The average molecular weight is 681 g/mol. The molecule has 0 bridgehead atoms. The summed E-state index contributed by atoms with van der Waals surface area (Å²) in [5.74, 6) is -0.251. The molecule has 0 saturated carbocycles. The van der Waals surface area contributed by atoms with Gasteiger partial charge in [0.2, 0.25) is 0 Å². The average Bonchev–Trinajstić information content (AvgIpc) is 3.05. The third-order valence-electron chi connectivity index (χ3n) is 8.46. The van der Waals surface area contributed by atoms with Crippen molar-refractivity contribution in [1.82, 2.24) is 0 Å². The molecule has 0 heterocycles. The van der Waals surface area contributed by atoms with E-state index in [1.54, 1.807) is 12.1 Å². The van der Waals surface area contributed by atoms with Gasteiger partial charge in [-0.15, -0.1) is 0 Å². The molecular weight excluding hydrogens is 621 g/mol. The van der Waals surface area contributed by atoms with Gasteiger partial charge in [0.1, 0.15) is 10.4 Å². The van der Waals surface area contributed by atoms with E-state index in [0.29, 0.717) is 12.0 Å². The Kier molecular flexibility index (Phi) is 17.2. The largest absolute Gasteiger partial charge is 0.506 e. The highest BCUT2D eigenvalue weighted by Gasteiger charge is 2.34. The quantitative estimate of drug-likeness (QED) is 0.0356. The number of aliphatic hydroxyl groups is 1. The molecule has 0 radical (unpaired) electrons. The van der Waals surface area contributed by atoms with Crippen LogP contribution < -0.4 is 10.6 Å². The van der Waals surface area contributed by atoms with Gasteiger partial charge in [0.15, 0.2) is 0 Å². The first-order valence-electron chi connectivity index (χ1n) is 17.7. The van der Waals surface area contributed by atoms with Gasteiger partial charge >= 0.3 is 10.1 Å². The fourth-order valence-corrected chi connectivity index (χ4v) is 10.3. The summed E-state index contributed by atoms with van der Waals surface area (Å²) < 4.78 is 34.6. The lowest BCUT2D eigenvalue weighted by Crippen LogP contribution is -2.35. The lowest BCUT2D eigenvalue weighted by atomic mass is 10.0. The van der Waals surface area contributed by atoms with Gasteiger partial charge < -0.3 is 9.59 Å². The predicted octanol–water partition coefficient (Wildman–Crippen LogP) is 9.83. The van der Waals surface area contributed by atoms with Gasteiger partial charge in [-0.1, -0.05) is 161 Å². The molecule has 0 atom stereocenters. The van der Waals surface area contributed by atoms with Crippen molar-refractivity contribution in [2.24, 2.45) is 0 Å². The molecule has 0 amide bonds. The Morgan fingerprint density at radius 3 is 1.45 bits per heavy atom. The first-order valence-corrected chi connectivity index (χ1v) is 20.4. The molecular formula is C40H59NO4PS+. The zero-order valence-corrected chi connectivity index (χ0v) is 31.1. The van der Waals surface area contributed by atoms with Crippen LogP contribution in [0.15, 0.2) is 89.6 Å². The molecule has 0 aliphatic heterocycles. The van der Waals surface area contributed by atoms with Crippen molar-refractivity contribution >= 4 is 34.4 Å². The number of nitrogens with zero attached hydrogens (tertiary/aromatic N) is 1. The molecule has 0 aromatic heterocycles. The maximum Gasteiger partial charge on any atom is 0.301 e. The molecule has 47 heavy (non-hydrogen) atoms. The Morgan fingerprint density at radius 1 is 0.617 bits per heavy atom. The van der Waals surface area contributed by atoms with Crippen LogP contribution in [0.4, 0.5) is 0 Å². The molecule has 0 fully saturated rings. The zero-order valence-electron chi connectivity index (χ0n) is 29.4. The fraction of sp³-hybridized carbons (Fsp3) is 0.500.